The molecule has 1 aromatic carbocycles. The van der Waals surface area contributed by atoms with Crippen molar-refractivity contribution in [2.45, 2.75) is 38.1 Å². The molecule has 1 aliphatic carbocycles. The number of methoxy groups -OCH3 is 1. The number of hydrogen-bond donors (Lipinski definition) is 2. The third-order valence-corrected chi connectivity index (χ3v) is 3.42. The summed E-state index contributed by atoms with van der Waals surface area (Å²) < 4.78 is 4.78. The molecular formula is C15H22N2O2. The molecule has 0 radical (unpaired) electrons. The Bertz CT molecular complexity index is 397. The fourth-order valence-electron chi connectivity index (χ4n) is 2.46. The highest BCUT2D eigenvalue weighted by Crippen LogP contribution is 2.22. The van der Waals surface area contributed by atoms with Gasteiger partial charge in [0.1, 0.15) is 6.61 Å². The zero-order valence-electron chi connectivity index (χ0n) is 11.4. The average Bonchev–Trinajstić information content (AvgIpc) is 2.42. The largest absolute Gasteiger partial charge is 0.382 e. The molecule has 4 nitrogen and oxygen atoms in total. The van der Waals surface area contributed by atoms with Gasteiger partial charge in [0.05, 0.1) is 0 Å². The Morgan fingerprint density at radius 1 is 1.16 bits per heavy atom. The van der Waals surface area contributed by atoms with Gasteiger partial charge in [0, 0.05) is 24.5 Å². The zero-order chi connectivity index (χ0) is 13.5. The lowest BCUT2D eigenvalue weighted by Gasteiger charge is -2.23. The van der Waals surface area contributed by atoms with Crippen molar-refractivity contribution in [1.82, 2.24) is 0 Å². The predicted molar refractivity (Wildman–Crippen MR) is 77.4 cm³/mol. The highest BCUT2D eigenvalue weighted by atomic mass is 16.5. The van der Waals surface area contributed by atoms with Gasteiger partial charge < -0.3 is 15.4 Å². The van der Waals surface area contributed by atoms with Crippen LogP contribution in [0.3, 0.4) is 0 Å². The van der Waals surface area contributed by atoms with E-state index in [4.69, 9.17) is 4.74 Å². The molecule has 104 valence electrons. The van der Waals surface area contributed by atoms with Crippen molar-refractivity contribution in [3.05, 3.63) is 24.3 Å². The topological polar surface area (TPSA) is 50.4 Å². The molecule has 1 amide bonds. The van der Waals surface area contributed by atoms with Crippen molar-refractivity contribution in [2.75, 3.05) is 24.4 Å². The Morgan fingerprint density at radius 2 is 1.79 bits per heavy atom. The Morgan fingerprint density at radius 3 is 2.42 bits per heavy atom. The first-order chi connectivity index (χ1) is 9.28. The monoisotopic (exact) mass is 262 g/mol. The summed E-state index contributed by atoms with van der Waals surface area (Å²) in [5, 5.41) is 6.33. The molecule has 0 saturated heterocycles. The Balaban J connectivity index is 1.85. The van der Waals surface area contributed by atoms with Crippen molar-refractivity contribution < 1.29 is 9.53 Å². The smallest absolute Gasteiger partial charge is 0.250 e. The van der Waals surface area contributed by atoms with Crippen LogP contribution in [0.25, 0.3) is 0 Å². The van der Waals surface area contributed by atoms with Crippen molar-refractivity contribution >= 4 is 17.3 Å². The Labute approximate surface area is 114 Å². The molecule has 1 aliphatic rings. The van der Waals surface area contributed by atoms with Crippen LogP contribution in [0.2, 0.25) is 0 Å². The van der Waals surface area contributed by atoms with Crippen LogP contribution < -0.4 is 10.6 Å². The van der Waals surface area contributed by atoms with Gasteiger partial charge in [-0.2, -0.15) is 0 Å². The summed E-state index contributed by atoms with van der Waals surface area (Å²) in [5.74, 6) is -0.129. The highest BCUT2D eigenvalue weighted by molar-refractivity contribution is 5.91. The van der Waals surface area contributed by atoms with Gasteiger partial charge in [-0.25, -0.2) is 0 Å². The summed E-state index contributed by atoms with van der Waals surface area (Å²) in [5.41, 5.74) is 1.92. The van der Waals surface area contributed by atoms with Gasteiger partial charge in [-0.05, 0) is 37.1 Å². The Kier molecular flexibility index (Phi) is 5.21. The van der Waals surface area contributed by atoms with Crippen molar-refractivity contribution in [3.8, 4) is 0 Å². The lowest BCUT2D eigenvalue weighted by atomic mass is 9.95. The lowest BCUT2D eigenvalue weighted by molar-refractivity contribution is -0.119. The molecule has 0 spiro atoms. The van der Waals surface area contributed by atoms with Crippen LogP contribution in [0.5, 0.6) is 0 Å². The first-order valence-electron chi connectivity index (χ1n) is 6.93. The van der Waals surface area contributed by atoms with Gasteiger partial charge in [0.25, 0.3) is 0 Å². The van der Waals surface area contributed by atoms with E-state index < -0.39 is 0 Å². The maximum Gasteiger partial charge on any atom is 0.250 e. The van der Waals surface area contributed by atoms with Crippen LogP contribution in [0.1, 0.15) is 32.1 Å². The van der Waals surface area contributed by atoms with E-state index in [0.29, 0.717) is 6.04 Å². The van der Waals surface area contributed by atoms with Crippen LogP contribution in [0.4, 0.5) is 11.4 Å². The molecule has 0 aliphatic heterocycles. The van der Waals surface area contributed by atoms with Crippen molar-refractivity contribution in [2.24, 2.45) is 0 Å². The van der Waals surface area contributed by atoms with E-state index in [1.54, 1.807) is 0 Å². The van der Waals surface area contributed by atoms with Gasteiger partial charge in [-0.15, -0.1) is 0 Å². The average molecular weight is 262 g/mol. The van der Waals surface area contributed by atoms with E-state index in [2.05, 4.69) is 10.6 Å². The molecule has 2 N–H and O–H groups in total. The number of nitrogens with one attached hydrogen (secondary N) is 2. The fraction of sp³-hybridized carbons (Fsp3) is 0.533. The molecule has 0 unspecified atom stereocenters. The molecule has 19 heavy (non-hydrogen) atoms. The number of anilines is 2. The number of carbonyl (C=O) groups is 1. The standard InChI is InChI=1S/C15H22N2O2/c1-19-11-15(18)17-14-9-7-13(8-10-14)16-12-5-3-2-4-6-12/h7-10,12,16H,2-6,11H2,1H3,(H,17,18). The predicted octanol–water partition coefficient (Wildman–Crippen LogP) is 3.02. The highest BCUT2D eigenvalue weighted by Gasteiger charge is 2.12. The quantitative estimate of drug-likeness (QED) is 0.857. The van der Waals surface area contributed by atoms with Gasteiger partial charge in [-0.3, -0.25) is 4.79 Å². The molecule has 1 aromatic rings. The number of ether oxygens (including phenoxy) is 1. The van der Waals surface area contributed by atoms with Crippen molar-refractivity contribution in [1.29, 1.82) is 0 Å². The number of carbonyl (C=O) groups excluding carboxylic acids is 1. The molecule has 2 rings (SSSR count). The van der Waals surface area contributed by atoms with Crippen LogP contribution >= 0.6 is 0 Å². The number of amides is 1. The first kappa shape index (κ1) is 13.9. The summed E-state index contributed by atoms with van der Waals surface area (Å²) in [6.45, 7) is 0.0854. The molecule has 0 aromatic heterocycles. The minimum atomic E-state index is -0.129. The maximum atomic E-state index is 11.4. The van der Waals surface area contributed by atoms with E-state index in [0.717, 1.165) is 11.4 Å². The number of hydrogen-bond acceptors (Lipinski definition) is 3. The molecule has 0 heterocycles. The van der Waals surface area contributed by atoms with Crippen LogP contribution in [-0.4, -0.2) is 25.7 Å². The summed E-state index contributed by atoms with van der Waals surface area (Å²) in [4.78, 5) is 11.4. The number of rotatable bonds is 5. The summed E-state index contributed by atoms with van der Waals surface area (Å²) in [6, 6.07) is 8.45. The maximum absolute atomic E-state index is 11.4. The SMILES string of the molecule is COCC(=O)Nc1ccc(NC2CCCCC2)cc1. The second kappa shape index (κ2) is 7.14. The second-order valence-electron chi connectivity index (χ2n) is 5.04. The molecule has 4 heteroatoms. The van der Waals surface area contributed by atoms with Crippen LogP contribution in [0, 0.1) is 0 Å². The van der Waals surface area contributed by atoms with Crippen LogP contribution in [-0.2, 0) is 9.53 Å². The van der Waals surface area contributed by atoms with E-state index in [1.807, 2.05) is 24.3 Å². The van der Waals surface area contributed by atoms with Crippen LogP contribution in [0.15, 0.2) is 24.3 Å². The Hall–Kier alpha value is -1.55. The van der Waals surface area contributed by atoms with E-state index in [-0.39, 0.29) is 12.5 Å². The van der Waals surface area contributed by atoms with Crippen molar-refractivity contribution in [3.63, 3.8) is 0 Å². The third-order valence-electron chi connectivity index (χ3n) is 3.42. The summed E-state index contributed by atoms with van der Waals surface area (Å²) >= 11 is 0. The third kappa shape index (κ3) is 4.56. The fourth-order valence-corrected chi connectivity index (χ4v) is 2.46. The molecular weight excluding hydrogens is 240 g/mol. The van der Waals surface area contributed by atoms with E-state index in [9.17, 15) is 4.79 Å². The molecule has 1 saturated carbocycles. The van der Waals surface area contributed by atoms with Gasteiger partial charge in [0.15, 0.2) is 0 Å². The van der Waals surface area contributed by atoms with E-state index in [1.165, 1.54) is 39.2 Å². The molecule has 0 atom stereocenters. The molecule has 1 fully saturated rings. The van der Waals surface area contributed by atoms with E-state index >= 15 is 0 Å². The first-order valence-corrected chi connectivity index (χ1v) is 6.93. The lowest BCUT2D eigenvalue weighted by Crippen LogP contribution is -2.22. The minimum absolute atomic E-state index is 0.0854. The van der Waals surface area contributed by atoms with Gasteiger partial charge in [-0.1, -0.05) is 19.3 Å². The summed E-state index contributed by atoms with van der Waals surface area (Å²) in [6.07, 6.45) is 6.52. The van der Waals surface area contributed by atoms with Gasteiger partial charge in [0.2, 0.25) is 5.91 Å². The minimum Gasteiger partial charge on any atom is -0.382 e. The number of benzene rings is 1. The molecule has 0 bridgehead atoms. The normalized spacial score (nSPS) is 16.1. The second-order valence-corrected chi connectivity index (χ2v) is 5.04. The van der Waals surface area contributed by atoms with Gasteiger partial charge >= 0.3 is 0 Å². The zero-order valence-corrected chi connectivity index (χ0v) is 11.4. The summed E-state index contributed by atoms with van der Waals surface area (Å²) in [7, 11) is 1.51.